The predicted molar refractivity (Wildman–Crippen MR) is 72.3 cm³/mol. The average Bonchev–Trinajstić information content (AvgIpc) is 3.06. The van der Waals surface area contributed by atoms with Crippen LogP contribution in [-0.2, 0) is 6.42 Å². The Morgan fingerprint density at radius 3 is 2.90 bits per heavy atom. The molecule has 0 unspecified atom stereocenters. The van der Waals surface area contributed by atoms with Crippen LogP contribution in [0.25, 0.3) is 0 Å². The number of carbonyl (C=O) groups excluding carboxylic acids is 1. The fourth-order valence-corrected chi connectivity index (χ4v) is 1.97. The minimum Gasteiger partial charge on any atom is -0.454 e. The Balaban J connectivity index is 1.71. The van der Waals surface area contributed by atoms with E-state index in [1.807, 2.05) is 32.0 Å². The van der Waals surface area contributed by atoms with Gasteiger partial charge in [0.05, 0.1) is 6.42 Å². The topological polar surface area (TPSA) is 86.5 Å². The van der Waals surface area contributed by atoms with Crippen molar-refractivity contribution in [1.29, 1.82) is 0 Å². The molecule has 0 spiro atoms. The molecule has 2 heterocycles. The molecule has 1 aromatic heterocycles. The van der Waals surface area contributed by atoms with Gasteiger partial charge in [-0.25, -0.2) is 0 Å². The van der Waals surface area contributed by atoms with Crippen molar-refractivity contribution in [1.82, 2.24) is 15.5 Å². The van der Waals surface area contributed by atoms with E-state index >= 15 is 0 Å². The first-order valence-corrected chi connectivity index (χ1v) is 6.63. The van der Waals surface area contributed by atoms with Gasteiger partial charge in [-0.05, 0) is 31.5 Å². The number of hydrogen-bond acceptors (Lipinski definition) is 6. The van der Waals surface area contributed by atoms with Crippen LogP contribution in [0.15, 0.2) is 22.6 Å². The van der Waals surface area contributed by atoms with Gasteiger partial charge in [-0.2, -0.15) is 0 Å². The van der Waals surface area contributed by atoms with Gasteiger partial charge in [-0.15, -0.1) is 10.2 Å². The largest absolute Gasteiger partial charge is 0.454 e. The predicted octanol–water partition coefficient (Wildman–Crippen LogP) is 1.53. The molecule has 0 saturated carbocycles. The van der Waals surface area contributed by atoms with Gasteiger partial charge in [0.2, 0.25) is 12.7 Å². The maximum absolute atomic E-state index is 11.7. The molecule has 7 nitrogen and oxygen atoms in total. The highest BCUT2D eigenvalue weighted by molar-refractivity contribution is 5.89. The first-order chi connectivity index (χ1) is 10.1. The second-order valence-corrected chi connectivity index (χ2v) is 4.99. The zero-order valence-corrected chi connectivity index (χ0v) is 11.8. The number of ether oxygens (including phenoxy) is 2. The van der Waals surface area contributed by atoms with E-state index in [-0.39, 0.29) is 24.6 Å². The molecule has 0 radical (unpaired) electrons. The summed E-state index contributed by atoms with van der Waals surface area (Å²) in [5.74, 6) is 1.41. The molecule has 7 heteroatoms. The van der Waals surface area contributed by atoms with Gasteiger partial charge in [0, 0.05) is 6.04 Å². The van der Waals surface area contributed by atoms with Crippen LogP contribution in [0.3, 0.4) is 0 Å². The zero-order chi connectivity index (χ0) is 14.8. The Bertz CT molecular complexity index is 666. The third-order valence-electron chi connectivity index (χ3n) is 2.87. The molecule has 1 amide bonds. The van der Waals surface area contributed by atoms with Crippen LogP contribution in [0.5, 0.6) is 11.5 Å². The number of benzene rings is 1. The van der Waals surface area contributed by atoms with Gasteiger partial charge in [-0.3, -0.25) is 4.79 Å². The minimum atomic E-state index is -0.366. The lowest BCUT2D eigenvalue weighted by atomic mass is 10.1. The highest BCUT2D eigenvalue weighted by atomic mass is 16.7. The van der Waals surface area contributed by atoms with Gasteiger partial charge >= 0.3 is 11.8 Å². The summed E-state index contributed by atoms with van der Waals surface area (Å²) < 4.78 is 15.9. The zero-order valence-electron chi connectivity index (χ0n) is 11.8. The molecule has 0 fully saturated rings. The van der Waals surface area contributed by atoms with Crippen molar-refractivity contribution in [3.63, 3.8) is 0 Å². The highest BCUT2D eigenvalue weighted by Gasteiger charge is 2.17. The molecule has 2 aromatic rings. The van der Waals surface area contributed by atoms with Crippen LogP contribution < -0.4 is 14.8 Å². The minimum absolute atomic E-state index is 0.0155. The number of fused-ring (bicyclic) bond motifs is 1. The standard InChI is InChI=1S/C14H15N3O4/c1-8(2)15-13(18)14-17-16-12(21-14)6-9-3-4-10-11(5-9)20-7-19-10/h3-5,8H,6-7H2,1-2H3,(H,15,18). The summed E-state index contributed by atoms with van der Waals surface area (Å²) in [4.78, 5) is 11.7. The molecule has 0 saturated heterocycles. The number of amides is 1. The summed E-state index contributed by atoms with van der Waals surface area (Å²) in [5, 5.41) is 10.3. The molecule has 0 bridgehead atoms. The second-order valence-electron chi connectivity index (χ2n) is 4.99. The maximum Gasteiger partial charge on any atom is 0.309 e. The number of rotatable bonds is 4. The molecule has 0 atom stereocenters. The number of carbonyl (C=O) groups is 1. The normalized spacial score (nSPS) is 12.7. The van der Waals surface area contributed by atoms with E-state index in [2.05, 4.69) is 15.5 Å². The van der Waals surface area contributed by atoms with E-state index in [0.717, 1.165) is 11.3 Å². The van der Waals surface area contributed by atoms with Gasteiger partial charge < -0.3 is 19.2 Å². The molecule has 3 rings (SSSR count). The van der Waals surface area contributed by atoms with Crippen molar-refractivity contribution in [3.8, 4) is 11.5 Å². The lowest BCUT2D eigenvalue weighted by Gasteiger charge is -2.04. The average molecular weight is 289 g/mol. The van der Waals surface area contributed by atoms with Crippen LogP contribution >= 0.6 is 0 Å². The lowest BCUT2D eigenvalue weighted by Crippen LogP contribution is -2.30. The third-order valence-corrected chi connectivity index (χ3v) is 2.87. The van der Waals surface area contributed by atoms with Crippen LogP contribution in [-0.4, -0.2) is 28.9 Å². The molecule has 1 aliphatic rings. The van der Waals surface area contributed by atoms with Crippen LogP contribution in [0, 0.1) is 0 Å². The maximum atomic E-state index is 11.7. The summed E-state index contributed by atoms with van der Waals surface area (Å²) in [6.07, 6.45) is 0.429. The smallest absolute Gasteiger partial charge is 0.309 e. The summed E-state index contributed by atoms with van der Waals surface area (Å²) in [6, 6.07) is 5.61. The highest BCUT2D eigenvalue weighted by Crippen LogP contribution is 2.32. The van der Waals surface area contributed by atoms with E-state index < -0.39 is 0 Å². The second kappa shape index (κ2) is 5.43. The van der Waals surface area contributed by atoms with Gasteiger partial charge in [0.1, 0.15) is 0 Å². The molecule has 1 aliphatic heterocycles. The summed E-state index contributed by atoms with van der Waals surface area (Å²) in [6.45, 7) is 3.96. The first-order valence-electron chi connectivity index (χ1n) is 6.63. The van der Waals surface area contributed by atoms with Gasteiger partial charge in [0.15, 0.2) is 11.5 Å². The number of hydrogen-bond donors (Lipinski definition) is 1. The number of nitrogens with one attached hydrogen (secondary N) is 1. The van der Waals surface area contributed by atoms with Crippen molar-refractivity contribution >= 4 is 5.91 Å². The van der Waals surface area contributed by atoms with Crippen molar-refractivity contribution in [2.45, 2.75) is 26.3 Å². The van der Waals surface area contributed by atoms with Crippen LogP contribution in [0.2, 0.25) is 0 Å². The molecule has 21 heavy (non-hydrogen) atoms. The molecular formula is C14H15N3O4. The monoisotopic (exact) mass is 289 g/mol. The van der Waals surface area contributed by atoms with Crippen LogP contribution in [0.4, 0.5) is 0 Å². The Labute approximate surface area is 121 Å². The Kier molecular flexibility index (Phi) is 3.47. The van der Waals surface area contributed by atoms with Crippen LogP contribution in [0.1, 0.15) is 36.0 Å². The van der Waals surface area contributed by atoms with Crippen molar-refractivity contribution in [2.75, 3.05) is 6.79 Å². The number of nitrogens with zero attached hydrogens (tertiary/aromatic N) is 2. The molecule has 1 N–H and O–H groups in total. The van der Waals surface area contributed by atoms with Crippen molar-refractivity contribution < 1.29 is 18.7 Å². The Morgan fingerprint density at radius 1 is 1.29 bits per heavy atom. The van der Waals surface area contributed by atoms with E-state index in [0.29, 0.717) is 18.1 Å². The SMILES string of the molecule is CC(C)NC(=O)c1nnc(Cc2ccc3c(c2)OCO3)o1. The van der Waals surface area contributed by atoms with Crippen molar-refractivity contribution in [3.05, 3.63) is 35.5 Å². The van der Waals surface area contributed by atoms with E-state index in [9.17, 15) is 4.79 Å². The van der Waals surface area contributed by atoms with E-state index in [1.54, 1.807) is 0 Å². The van der Waals surface area contributed by atoms with Gasteiger partial charge in [0.25, 0.3) is 0 Å². The summed E-state index contributed by atoms with van der Waals surface area (Å²) >= 11 is 0. The summed E-state index contributed by atoms with van der Waals surface area (Å²) in [5.41, 5.74) is 0.943. The van der Waals surface area contributed by atoms with E-state index in [4.69, 9.17) is 13.9 Å². The quantitative estimate of drug-likeness (QED) is 0.918. The number of aromatic nitrogens is 2. The molecular weight excluding hydrogens is 274 g/mol. The fraction of sp³-hybridized carbons (Fsp3) is 0.357. The van der Waals surface area contributed by atoms with Crippen molar-refractivity contribution in [2.24, 2.45) is 0 Å². The molecule has 0 aliphatic carbocycles. The lowest BCUT2D eigenvalue weighted by molar-refractivity contribution is 0.0906. The van der Waals surface area contributed by atoms with Gasteiger partial charge in [-0.1, -0.05) is 6.07 Å². The molecule has 110 valence electrons. The summed E-state index contributed by atoms with van der Waals surface area (Å²) in [7, 11) is 0. The Hall–Kier alpha value is -2.57. The first kappa shape index (κ1) is 13.4. The van der Waals surface area contributed by atoms with E-state index in [1.165, 1.54) is 0 Å². The Morgan fingerprint density at radius 2 is 2.10 bits per heavy atom. The third kappa shape index (κ3) is 2.96. The fourth-order valence-electron chi connectivity index (χ4n) is 1.97. The molecule has 1 aromatic carbocycles.